The lowest BCUT2D eigenvalue weighted by Crippen LogP contribution is -1.97. The van der Waals surface area contributed by atoms with Crippen molar-refractivity contribution in [2.24, 2.45) is 7.05 Å². The summed E-state index contributed by atoms with van der Waals surface area (Å²) in [5.41, 5.74) is 9.12. The summed E-state index contributed by atoms with van der Waals surface area (Å²) in [6.45, 7) is 2.01. The van der Waals surface area contributed by atoms with Crippen molar-refractivity contribution in [1.82, 2.24) is 9.78 Å². The predicted octanol–water partition coefficient (Wildman–Crippen LogP) is 3.13. The molecule has 0 radical (unpaired) electrons. The van der Waals surface area contributed by atoms with E-state index < -0.39 is 0 Å². The van der Waals surface area contributed by atoms with Crippen LogP contribution < -0.4 is 5.73 Å². The van der Waals surface area contributed by atoms with Crippen LogP contribution in [0.3, 0.4) is 0 Å². The average Bonchev–Trinajstić information content (AvgIpc) is 2.66. The molecule has 0 saturated carbocycles. The molecule has 3 rings (SSSR count). The third kappa shape index (κ3) is 1.48. The number of anilines is 1. The van der Waals surface area contributed by atoms with E-state index in [1.165, 1.54) is 10.8 Å². The first-order valence-electron chi connectivity index (χ1n) is 5.95. The molecule has 1 aromatic heterocycles. The number of rotatable bonds is 1. The Morgan fingerprint density at radius 1 is 1.06 bits per heavy atom. The van der Waals surface area contributed by atoms with Crippen molar-refractivity contribution in [3.05, 3.63) is 48.0 Å². The number of hydrogen-bond donors (Lipinski definition) is 1. The van der Waals surface area contributed by atoms with E-state index in [9.17, 15) is 0 Å². The highest BCUT2D eigenvalue weighted by Crippen LogP contribution is 2.31. The second-order valence-corrected chi connectivity index (χ2v) is 4.51. The number of nitrogen functional groups attached to an aromatic ring is 1. The Labute approximate surface area is 106 Å². The first-order valence-corrected chi connectivity index (χ1v) is 5.95. The van der Waals surface area contributed by atoms with Crippen LogP contribution in [0.4, 0.5) is 5.82 Å². The molecule has 3 nitrogen and oxygen atoms in total. The summed E-state index contributed by atoms with van der Waals surface area (Å²) in [6.07, 6.45) is 0. The third-order valence-electron chi connectivity index (χ3n) is 3.38. The van der Waals surface area contributed by atoms with E-state index in [1.54, 1.807) is 4.68 Å². The van der Waals surface area contributed by atoms with Gasteiger partial charge in [-0.05, 0) is 17.7 Å². The lowest BCUT2D eigenvalue weighted by molar-refractivity contribution is 0.782. The summed E-state index contributed by atoms with van der Waals surface area (Å²) in [6, 6.07) is 14.6. The highest BCUT2D eigenvalue weighted by atomic mass is 15.3. The molecule has 0 aliphatic rings. The van der Waals surface area contributed by atoms with E-state index in [0.717, 1.165) is 22.6 Å². The van der Waals surface area contributed by atoms with Gasteiger partial charge in [0.05, 0.1) is 5.69 Å². The zero-order chi connectivity index (χ0) is 12.7. The lowest BCUT2D eigenvalue weighted by Gasteiger charge is -2.04. The molecule has 0 atom stereocenters. The number of aromatic nitrogens is 2. The number of nitrogens with two attached hydrogens (primary N) is 1. The minimum Gasteiger partial charge on any atom is -0.384 e. The van der Waals surface area contributed by atoms with E-state index >= 15 is 0 Å². The van der Waals surface area contributed by atoms with Crippen molar-refractivity contribution < 1.29 is 0 Å². The van der Waals surface area contributed by atoms with Gasteiger partial charge in [0, 0.05) is 18.2 Å². The molecular weight excluding hydrogens is 222 g/mol. The molecule has 0 spiro atoms. The van der Waals surface area contributed by atoms with Crippen LogP contribution in [0.2, 0.25) is 0 Å². The molecule has 18 heavy (non-hydrogen) atoms. The fraction of sp³-hybridized carbons (Fsp3) is 0.133. The second kappa shape index (κ2) is 3.88. The average molecular weight is 237 g/mol. The van der Waals surface area contributed by atoms with E-state index in [-0.39, 0.29) is 0 Å². The van der Waals surface area contributed by atoms with Crippen LogP contribution in [-0.4, -0.2) is 9.78 Å². The minimum absolute atomic E-state index is 0.720. The zero-order valence-corrected chi connectivity index (χ0v) is 10.5. The summed E-state index contributed by atoms with van der Waals surface area (Å²) in [4.78, 5) is 0. The highest BCUT2D eigenvalue weighted by molar-refractivity contribution is 5.96. The fourth-order valence-electron chi connectivity index (χ4n) is 2.33. The molecule has 1 heterocycles. The van der Waals surface area contributed by atoms with Crippen LogP contribution in [0.1, 0.15) is 5.56 Å². The van der Waals surface area contributed by atoms with E-state index in [4.69, 9.17) is 5.73 Å². The highest BCUT2D eigenvalue weighted by Gasteiger charge is 2.13. The standard InChI is InChI=1S/C15H15N3/c1-10-14(17-18(2)15(10)16)13-9-5-7-11-6-3-4-8-12(11)13/h3-9H,16H2,1-2H3. The monoisotopic (exact) mass is 237 g/mol. The van der Waals surface area contributed by atoms with Gasteiger partial charge in [0.1, 0.15) is 5.82 Å². The Balaban J connectivity index is 2.35. The lowest BCUT2D eigenvalue weighted by atomic mass is 10.0. The topological polar surface area (TPSA) is 43.8 Å². The summed E-state index contributed by atoms with van der Waals surface area (Å²) in [5, 5.41) is 6.95. The van der Waals surface area contributed by atoms with Gasteiger partial charge >= 0.3 is 0 Å². The normalized spacial score (nSPS) is 11.0. The molecule has 0 aliphatic heterocycles. The van der Waals surface area contributed by atoms with Gasteiger partial charge in [-0.2, -0.15) is 5.10 Å². The van der Waals surface area contributed by atoms with Crippen LogP contribution in [-0.2, 0) is 7.05 Å². The number of fused-ring (bicyclic) bond motifs is 1. The smallest absolute Gasteiger partial charge is 0.124 e. The molecule has 2 aromatic carbocycles. The van der Waals surface area contributed by atoms with Crippen LogP contribution in [0.25, 0.3) is 22.0 Å². The Bertz CT molecular complexity index is 720. The van der Waals surface area contributed by atoms with E-state index in [1.807, 2.05) is 26.1 Å². The van der Waals surface area contributed by atoms with Crippen molar-refractivity contribution in [2.75, 3.05) is 5.73 Å². The minimum atomic E-state index is 0.720. The van der Waals surface area contributed by atoms with Crippen LogP contribution >= 0.6 is 0 Å². The van der Waals surface area contributed by atoms with Gasteiger partial charge in [-0.15, -0.1) is 0 Å². The third-order valence-corrected chi connectivity index (χ3v) is 3.38. The summed E-state index contributed by atoms with van der Waals surface area (Å²) < 4.78 is 1.73. The van der Waals surface area contributed by atoms with Crippen molar-refractivity contribution >= 4 is 16.6 Å². The first-order chi connectivity index (χ1) is 8.68. The number of benzene rings is 2. The van der Waals surface area contributed by atoms with Crippen LogP contribution in [0.15, 0.2) is 42.5 Å². The summed E-state index contributed by atoms with van der Waals surface area (Å²) in [5.74, 6) is 0.720. The van der Waals surface area contributed by atoms with E-state index in [0.29, 0.717) is 0 Å². The Morgan fingerprint density at radius 3 is 2.50 bits per heavy atom. The first kappa shape index (κ1) is 10.8. The maximum absolute atomic E-state index is 5.98. The number of nitrogens with zero attached hydrogens (tertiary/aromatic N) is 2. The van der Waals surface area contributed by atoms with Crippen LogP contribution in [0, 0.1) is 6.92 Å². The zero-order valence-electron chi connectivity index (χ0n) is 10.5. The summed E-state index contributed by atoms with van der Waals surface area (Å²) >= 11 is 0. The fourth-order valence-corrected chi connectivity index (χ4v) is 2.33. The van der Waals surface area contributed by atoms with Crippen molar-refractivity contribution in [1.29, 1.82) is 0 Å². The molecule has 0 fully saturated rings. The Kier molecular flexibility index (Phi) is 2.33. The Morgan fingerprint density at radius 2 is 1.78 bits per heavy atom. The molecular formula is C15H15N3. The van der Waals surface area contributed by atoms with Gasteiger partial charge in [0.15, 0.2) is 0 Å². The van der Waals surface area contributed by atoms with E-state index in [2.05, 4.69) is 35.4 Å². The molecule has 3 heteroatoms. The van der Waals surface area contributed by atoms with Crippen LogP contribution in [0.5, 0.6) is 0 Å². The van der Waals surface area contributed by atoms with Crippen molar-refractivity contribution in [2.45, 2.75) is 6.92 Å². The largest absolute Gasteiger partial charge is 0.384 e. The quantitative estimate of drug-likeness (QED) is 0.706. The van der Waals surface area contributed by atoms with Gasteiger partial charge in [-0.1, -0.05) is 42.5 Å². The molecule has 0 amide bonds. The van der Waals surface area contributed by atoms with Gasteiger partial charge in [0.25, 0.3) is 0 Å². The van der Waals surface area contributed by atoms with Gasteiger partial charge < -0.3 is 5.73 Å². The molecule has 3 aromatic rings. The Hall–Kier alpha value is -2.29. The predicted molar refractivity (Wildman–Crippen MR) is 75.3 cm³/mol. The number of aryl methyl sites for hydroxylation is 1. The molecule has 0 aliphatic carbocycles. The number of hydrogen-bond acceptors (Lipinski definition) is 2. The van der Waals surface area contributed by atoms with Gasteiger partial charge in [-0.3, -0.25) is 4.68 Å². The molecule has 2 N–H and O–H groups in total. The molecule has 90 valence electrons. The van der Waals surface area contributed by atoms with Crippen molar-refractivity contribution in [3.8, 4) is 11.3 Å². The van der Waals surface area contributed by atoms with Crippen molar-refractivity contribution in [3.63, 3.8) is 0 Å². The molecule has 0 saturated heterocycles. The second-order valence-electron chi connectivity index (χ2n) is 4.51. The SMILES string of the molecule is Cc1c(-c2cccc3ccccc23)nn(C)c1N. The van der Waals surface area contributed by atoms with Gasteiger partial charge in [0.2, 0.25) is 0 Å². The maximum atomic E-state index is 5.98. The maximum Gasteiger partial charge on any atom is 0.124 e. The van der Waals surface area contributed by atoms with Gasteiger partial charge in [-0.25, -0.2) is 0 Å². The summed E-state index contributed by atoms with van der Waals surface area (Å²) in [7, 11) is 1.87. The molecule has 0 bridgehead atoms. The molecule has 0 unspecified atom stereocenters.